The smallest absolute Gasteiger partial charge is 0.341 e. The Labute approximate surface area is 89.2 Å². The quantitative estimate of drug-likeness (QED) is 0.680. The summed E-state index contributed by atoms with van der Waals surface area (Å²) in [6, 6.07) is -0.453. The molecule has 0 aliphatic carbocycles. The molecule has 0 aromatic heterocycles. The van der Waals surface area contributed by atoms with E-state index in [1.54, 1.807) is 7.05 Å². The number of urea groups is 1. The lowest BCUT2D eigenvalue weighted by Gasteiger charge is -2.26. The minimum Gasteiger partial charge on any atom is -0.479 e. The van der Waals surface area contributed by atoms with E-state index in [0.29, 0.717) is 6.54 Å². The van der Waals surface area contributed by atoms with Gasteiger partial charge in [0.1, 0.15) is 0 Å². The molecule has 2 N–H and O–H groups in total. The Balaban J connectivity index is 3.85. The minimum atomic E-state index is -1.13. The van der Waals surface area contributed by atoms with Gasteiger partial charge < -0.3 is 10.0 Å². The molecule has 15 heavy (non-hydrogen) atoms. The van der Waals surface area contributed by atoms with E-state index in [1.165, 1.54) is 4.90 Å². The van der Waals surface area contributed by atoms with Crippen LogP contribution in [0.15, 0.2) is 0 Å². The fourth-order valence-electron chi connectivity index (χ4n) is 1.02. The first-order valence-corrected chi connectivity index (χ1v) is 4.57. The third-order valence-corrected chi connectivity index (χ3v) is 1.41. The van der Waals surface area contributed by atoms with Gasteiger partial charge in [-0.25, -0.2) is 15.1 Å². The van der Waals surface area contributed by atoms with Crippen molar-refractivity contribution in [3.63, 3.8) is 0 Å². The van der Waals surface area contributed by atoms with Crippen LogP contribution in [0.2, 0.25) is 0 Å². The van der Waals surface area contributed by atoms with Gasteiger partial charge in [0.2, 0.25) is 0 Å². The van der Waals surface area contributed by atoms with Crippen LogP contribution in [0.25, 0.3) is 0 Å². The number of hydrogen-bond acceptors (Lipinski definition) is 3. The topological polar surface area (TPSA) is 78.9 Å². The molecule has 0 aliphatic heterocycles. The summed E-state index contributed by atoms with van der Waals surface area (Å²) >= 11 is 0. The van der Waals surface area contributed by atoms with Gasteiger partial charge in [-0.15, -0.1) is 0 Å². The molecule has 0 unspecified atom stereocenters. The van der Waals surface area contributed by atoms with Crippen molar-refractivity contribution >= 4 is 12.0 Å². The van der Waals surface area contributed by atoms with Crippen LogP contribution in [-0.4, -0.2) is 42.2 Å². The molecule has 0 heterocycles. The highest BCUT2D eigenvalue weighted by Gasteiger charge is 2.17. The lowest BCUT2D eigenvalue weighted by Crippen LogP contribution is -2.41. The first kappa shape index (κ1) is 13.7. The Bertz CT molecular complexity index is 235. The molecule has 0 fully saturated rings. The van der Waals surface area contributed by atoms with Gasteiger partial charge in [0, 0.05) is 13.6 Å². The van der Waals surface area contributed by atoms with E-state index >= 15 is 0 Å². The van der Waals surface area contributed by atoms with Crippen molar-refractivity contribution < 1.29 is 19.5 Å². The molecule has 0 aromatic carbocycles. The van der Waals surface area contributed by atoms with Crippen molar-refractivity contribution in [1.29, 1.82) is 0 Å². The molecule has 0 radical (unpaired) electrons. The van der Waals surface area contributed by atoms with Gasteiger partial charge in [-0.1, -0.05) is 20.8 Å². The fourth-order valence-corrected chi connectivity index (χ4v) is 1.02. The third-order valence-electron chi connectivity index (χ3n) is 1.41. The molecule has 0 aromatic rings. The number of amides is 2. The van der Waals surface area contributed by atoms with Crippen molar-refractivity contribution in [2.75, 3.05) is 20.2 Å². The van der Waals surface area contributed by atoms with Crippen molar-refractivity contribution in [2.24, 2.45) is 5.41 Å². The van der Waals surface area contributed by atoms with E-state index < -0.39 is 18.6 Å². The highest BCUT2D eigenvalue weighted by Crippen LogP contribution is 2.13. The Morgan fingerprint density at radius 2 is 1.93 bits per heavy atom. The average molecular weight is 218 g/mol. The number of hydrogen-bond donors (Lipinski definition) is 2. The number of hydroxylamine groups is 1. The summed E-state index contributed by atoms with van der Waals surface area (Å²) in [6.07, 6.45) is 0. The monoisotopic (exact) mass is 218 g/mol. The van der Waals surface area contributed by atoms with Crippen molar-refractivity contribution in [2.45, 2.75) is 20.8 Å². The predicted molar refractivity (Wildman–Crippen MR) is 54.2 cm³/mol. The maximum absolute atomic E-state index is 11.3. The predicted octanol–water partition coefficient (Wildman–Crippen LogP) is 0.690. The van der Waals surface area contributed by atoms with Crippen molar-refractivity contribution in [1.82, 2.24) is 10.4 Å². The highest BCUT2D eigenvalue weighted by atomic mass is 16.7. The van der Waals surface area contributed by atoms with E-state index in [4.69, 9.17) is 5.11 Å². The number of carboxylic acids is 1. The van der Waals surface area contributed by atoms with Gasteiger partial charge in [-0.05, 0) is 5.41 Å². The maximum Gasteiger partial charge on any atom is 0.341 e. The lowest BCUT2D eigenvalue weighted by atomic mass is 9.96. The number of aliphatic carboxylic acids is 1. The van der Waals surface area contributed by atoms with Crippen LogP contribution in [0.3, 0.4) is 0 Å². The zero-order valence-electron chi connectivity index (χ0n) is 9.53. The first-order chi connectivity index (χ1) is 6.72. The van der Waals surface area contributed by atoms with Crippen LogP contribution in [0, 0.1) is 5.41 Å². The van der Waals surface area contributed by atoms with E-state index in [0.717, 1.165) is 0 Å². The molecule has 6 nitrogen and oxygen atoms in total. The summed E-state index contributed by atoms with van der Waals surface area (Å²) in [5, 5.41) is 8.26. The number of carbonyl (C=O) groups is 2. The van der Waals surface area contributed by atoms with Crippen LogP contribution in [0.1, 0.15) is 20.8 Å². The molecule has 0 bridgehead atoms. The third kappa shape index (κ3) is 7.75. The molecular weight excluding hydrogens is 200 g/mol. The Kier molecular flexibility index (Phi) is 5.07. The molecule has 0 spiro atoms. The maximum atomic E-state index is 11.3. The molecule has 0 rings (SSSR count). The van der Waals surface area contributed by atoms with Crippen LogP contribution in [-0.2, 0) is 9.63 Å². The SMILES string of the molecule is CN(CC(C)(C)C)C(=O)NOCC(=O)O. The number of carbonyl (C=O) groups excluding carboxylic acids is 1. The fraction of sp³-hybridized carbons (Fsp3) is 0.778. The molecular formula is C9H18N2O4. The zero-order valence-corrected chi connectivity index (χ0v) is 9.53. The normalized spacial score (nSPS) is 10.9. The first-order valence-electron chi connectivity index (χ1n) is 4.57. The molecule has 2 amide bonds. The Hall–Kier alpha value is -1.30. The van der Waals surface area contributed by atoms with Crippen molar-refractivity contribution in [3.05, 3.63) is 0 Å². The standard InChI is InChI=1S/C9H18N2O4/c1-9(2,3)6-11(4)8(14)10-15-5-7(12)13/h5-6H2,1-4H3,(H,10,14)(H,12,13). The largest absolute Gasteiger partial charge is 0.479 e. The van der Waals surface area contributed by atoms with Gasteiger partial charge in [0.15, 0.2) is 6.61 Å². The molecule has 0 aliphatic rings. The summed E-state index contributed by atoms with van der Waals surface area (Å²) < 4.78 is 0. The summed E-state index contributed by atoms with van der Waals surface area (Å²) in [5.41, 5.74) is 2.03. The summed E-state index contributed by atoms with van der Waals surface area (Å²) in [6.45, 7) is 5.99. The number of rotatable bonds is 4. The van der Waals surface area contributed by atoms with Crippen molar-refractivity contribution in [3.8, 4) is 0 Å². The molecule has 0 saturated carbocycles. The van der Waals surface area contributed by atoms with E-state index in [9.17, 15) is 9.59 Å². The molecule has 88 valence electrons. The molecule has 6 heteroatoms. The second-order valence-corrected chi connectivity index (χ2v) is 4.51. The average Bonchev–Trinajstić information content (AvgIpc) is 1.99. The summed E-state index contributed by atoms with van der Waals surface area (Å²) in [7, 11) is 1.62. The number of nitrogens with zero attached hydrogens (tertiary/aromatic N) is 1. The number of carboxylic acid groups (broad SMARTS) is 1. The minimum absolute atomic E-state index is 0.0150. The Morgan fingerprint density at radius 3 is 2.33 bits per heavy atom. The van der Waals surface area contributed by atoms with E-state index in [-0.39, 0.29) is 5.41 Å². The van der Waals surface area contributed by atoms with E-state index in [1.807, 2.05) is 26.3 Å². The van der Waals surface area contributed by atoms with Crippen LogP contribution in [0.4, 0.5) is 4.79 Å². The van der Waals surface area contributed by atoms with Gasteiger partial charge in [-0.3, -0.25) is 4.84 Å². The van der Waals surface area contributed by atoms with Crippen LogP contribution in [0.5, 0.6) is 0 Å². The van der Waals surface area contributed by atoms with E-state index in [2.05, 4.69) is 4.84 Å². The zero-order chi connectivity index (χ0) is 12.1. The van der Waals surface area contributed by atoms with Crippen LogP contribution < -0.4 is 5.48 Å². The van der Waals surface area contributed by atoms with Gasteiger partial charge in [0.05, 0.1) is 0 Å². The molecule has 0 saturated heterocycles. The van der Waals surface area contributed by atoms with Crippen LogP contribution >= 0.6 is 0 Å². The van der Waals surface area contributed by atoms with Gasteiger partial charge >= 0.3 is 12.0 Å². The van der Waals surface area contributed by atoms with Gasteiger partial charge in [0.25, 0.3) is 0 Å². The lowest BCUT2D eigenvalue weighted by molar-refractivity contribution is -0.144. The highest BCUT2D eigenvalue weighted by molar-refractivity contribution is 5.73. The number of nitrogens with one attached hydrogen (secondary N) is 1. The second-order valence-electron chi connectivity index (χ2n) is 4.51. The summed E-state index contributed by atoms with van der Waals surface area (Å²) in [5.74, 6) is -1.13. The Morgan fingerprint density at radius 1 is 1.40 bits per heavy atom. The molecule has 0 atom stereocenters. The van der Waals surface area contributed by atoms with Gasteiger partial charge in [-0.2, -0.15) is 0 Å². The second kappa shape index (κ2) is 5.55. The summed E-state index contributed by atoms with van der Waals surface area (Å²) in [4.78, 5) is 27.3.